The van der Waals surface area contributed by atoms with Crippen LogP contribution in [0.1, 0.15) is 5.69 Å². The first-order valence-corrected chi connectivity index (χ1v) is 6.84. The van der Waals surface area contributed by atoms with E-state index in [-0.39, 0.29) is 10.9 Å². The number of hydrogen-bond acceptors (Lipinski definition) is 11. The smallest absolute Gasteiger partial charge is 0.258 e. The second-order valence-electron chi connectivity index (χ2n) is 5.05. The number of non-ortho nitro benzene ring substituents is 1. The molecule has 136 valence electrons. The molecule has 15 heteroatoms. The van der Waals surface area contributed by atoms with Crippen LogP contribution >= 0.6 is 0 Å². The van der Waals surface area contributed by atoms with E-state index in [1.54, 1.807) is 0 Å². The van der Waals surface area contributed by atoms with E-state index in [2.05, 4.69) is 15.0 Å². The molecule has 3 aromatic rings. The van der Waals surface area contributed by atoms with Crippen molar-refractivity contribution < 1.29 is 19.7 Å². The Morgan fingerprint density at radius 2 is 1.44 bits per heavy atom. The van der Waals surface area contributed by atoms with Gasteiger partial charge in [0.15, 0.2) is 20.4 Å². The third-order valence-corrected chi connectivity index (χ3v) is 3.71. The Bertz CT molecular complexity index is 1130. The molecular formula is C12H5N7O8. The van der Waals surface area contributed by atoms with Gasteiger partial charge in [-0.1, -0.05) is 12.1 Å². The van der Waals surface area contributed by atoms with E-state index < -0.39 is 47.9 Å². The minimum Gasteiger partial charge on any atom is -0.258 e. The molecule has 2 aromatic heterocycles. The number of aromatic nitrogens is 3. The molecule has 0 radical (unpaired) electrons. The van der Waals surface area contributed by atoms with Crippen LogP contribution in [0.3, 0.4) is 0 Å². The number of rotatable bonds is 5. The van der Waals surface area contributed by atoms with Crippen molar-refractivity contribution in [1.29, 1.82) is 0 Å². The zero-order chi connectivity index (χ0) is 19.9. The first-order chi connectivity index (χ1) is 12.7. The largest absolute Gasteiger partial charge is 0.746 e. The Kier molecular flexibility index (Phi) is 3.76. The molecule has 0 unspecified atom stereocenters. The predicted octanol–water partition coefficient (Wildman–Crippen LogP) is 1.03. The van der Waals surface area contributed by atoms with E-state index in [0.717, 1.165) is 30.6 Å². The van der Waals surface area contributed by atoms with Crippen molar-refractivity contribution >= 4 is 27.6 Å². The summed E-state index contributed by atoms with van der Waals surface area (Å²) < 4.78 is 0. The predicted molar refractivity (Wildman–Crippen MR) is 84.2 cm³/mol. The maximum Gasteiger partial charge on any atom is 0.746 e. The lowest BCUT2D eigenvalue weighted by Gasteiger charge is -2.11. The summed E-state index contributed by atoms with van der Waals surface area (Å²) in [6, 6.07) is 3.11. The van der Waals surface area contributed by atoms with Gasteiger partial charge in [0.1, 0.15) is 5.52 Å². The van der Waals surface area contributed by atoms with Crippen LogP contribution in [0.15, 0.2) is 30.6 Å². The van der Waals surface area contributed by atoms with Crippen LogP contribution in [0, 0.1) is 40.5 Å². The Balaban J connectivity index is 2.67. The van der Waals surface area contributed by atoms with E-state index in [9.17, 15) is 40.5 Å². The normalized spacial score (nSPS) is 11.4. The molecule has 0 N–H and O–H groups in total. The molecule has 0 aliphatic rings. The van der Waals surface area contributed by atoms with E-state index in [4.69, 9.17) is 0 Å². The Labute approximate surface area is 145 Å². The minimum absolute atomic E-state index is 0.188. The van der Waals surface area contributed by atoms with Crippen LogP contribution in [0.5, 0.6) is 0 Å². The van der Waals surface area contributed by atoms with Gasteiger partial charge in [-0.3, -0.25) is 45.4 Å². The van der Waals surface area contributed by atoms with E-state index in [1.807, 2.05) is 0 Å². The highest BCUT2D eigenvalue weighted by atomic mass is 16.7. The van der Waals surface area contributed by atoms with Crippen molar-refractivity contribution in [3.05, 3.63) is 76.7 Å². The third-order valence-electron chi connectivity index (χ3n) is 3.71. The highest BCUT2D eigenvalue weighted by molar-refractivity contribution is 6.08. The molecule has 1 aromatic carbocycles. The van der Waals surface area contributed by atoms with Gasteiger partial charge in [0, 0.05) is 23.8 Å². The highest BCUT2D eigenvalue weighted by Crippen LogP contribution is 2.37. The fraction of sp³-hybridized carbons (Fsp3) is 0.0833. The average molecular weight is 375 g/mol. The maximum absolute atomic E-state index is 11.4. The number of hydrogen-bond donors (Lipinski definition) is 0. The molecule has 0 fully saturated rings. The monoisotopic (exact) mass is 375 g/mol. The fourth-order valence-electron chi connectivity index (χ4n) is 2.61. The summed E-state index contributed by atoms with van der Waals surface area (Å²) in [5, 5.41) is 44.7. The second kappa shape index (κ2) is 5.83. The third kappa shape index (κ3) is 2.25. The Hall–Kier alpha value is -4.43. The van der Waals surface area contributed by atoms with Gasteiger partial charge in [0.05, 0.1) is 10.3 Å². The van der Waals surface area contributed by atoms with E-state index >= 15 is 0 Å². The van der Waals surface area contributed by atoms with Gasteiger partial charge in [0.2, 0.25) is 0 Å². The van der Waals surface area contributed by atoms with Gasteiger partial charge < -0.3 is 0 Å². The van der Waals surface area contributed by atoms with E-state index in [0.29, 0.717) is 0 Å². The van der Waals surface area contributed by atoms with Gasteiger partial charge in [-0.15, -0.1) is 0 Å². The number of nitrogens with zero attached hydrogens (tertiary/aromatic N) is 7. The van der Waals surface area contributed by atoms with Gasteiger partial charge in [-0.2, -0.15) is 0 Å². The summed E-state index contributed by atoms with van der Waals surface area (Å²) in [6.45, 7) is 0. The lowest BCUT2D eigenvalue weighted by Crippen LogP contribution is -2.51. The quantitative estimate of drug-likeness (QED) is 0.266. The SMILES string of the molecule is O=[N+]([O-])c1cccc2c(C([N+](=O)[O-])([N+](=O)[O-])[N+](=O)[O-])nc3nccnc3c12. The van der Waals surface area contributed by atoms with Crippen LogP contribution in [-0.2, 0) is 5.79 Å². The molecule has 0 saturated carbocycles. The van der Waals surface area contributed by atoms with Crippen molar-refractivity contribution in [2.24, 2.45) is 0 Å². The van der Waals surface area contributed by atoms with Crippen LogP contribution in [0.4, 0.5) is 5.69 Å². The standard InChI is InChI=1S/C12H5N7O8/c20-16(21)7-3-1-2-6-8(7)9-11(14-5-4-13-9)15-10(6)12(17(22)23,18(24)25)19(26)27/h1-5H. The summed E-state index contributed by atoms with van der Waals surface area (Å²) in [6.07, 6.45) is 2.23. The van der Waals surface area contributed by atoms with Gasteiger partial charge in [-0.05, 0) is 0 Å². The van der Waals surface area contributed by atoms with Gasteiger partial charge >= 0.3 is 5.79 Å². The maximum atomic E-state index is 11.4. The number of pyridine rings is 1. The zero-order valence-electron chi connectivity index (χ0n) is 12.8. The Morgan fingerprint density at radius 3 is 2.00 bits per heavy atom. The number of benzene rings is 1. The van der Waals surface area contributed by atoms with Gasteiger partial charge in [-0.25, -0.2) is 9.97 Å². The first kappa shape index (κ1) is 17.4. The summed E-state index contributed by atoms with van der Waals surface area (Å²) in [5.74, 6) is -4.08. The van der Waals surface area contributed by atoms with Crippen molar-refractivity contribution in [2.75, 3.05) is 0 Å². The summed E-state index contributed by atoms with van der Waals surface area (Å²) in [5.41, 5.74) is -2.48. The van der Waals surface area contributed by atoms with Crippen molar-refractivity contribution in [2.45, 2.75) is 5.79 Å². The van der Waals surface area contributed by atoms with Gasteiger partial charge in [0.25, 0.3) is 11.4 Å². The number of fused-ring (bicyclic) bond motifs is 3. The van der Waals surface area contributed by atoms with Crippen molar-refractivity contribution in [3.63, 3.8) is 0 Å². The molecule has 3 rings (SSSR count). The number of nitro benzene ring substituents is 1. The first-order valence-electron chi connectivity index (χ1n) is 6.84. The Morgan fingerprint density at radius 1 is 0.852 bits per heavy atom. The van der Waals surface area contributed by atoms with Crippen LogP contribution < -0.4 is 0 Å². The van der Waals surface area contributed by atoms with Crippen molar-refractivity contribution in [1.82, 2.24) is 15.0 Å². The molecule has 27 heavy (non-hydrogen) atoms. The molecule has 0 bridgehead atoms. The lowest BCUT2D eigenvalue weighted by molar-refractivity contribution is -0.986. The number of nitro groups is 4. The molecule has 0 amide bonds. The second-order valence-corrected chi connectivity index (χ2v) is 5.05. The summed E-state index contributed by atoms with van der Waals surface area (Å²) >= 11 is 0. The van der Waals surface area contributed by atoms with E-state index in [1.165, 1.54) is 0 Å². The molecule has 0 atom stereocenters. The molecular weight excluding hydrogens is 370 g/mol. The van der Waals surface area contributed by atoms with Crippen LogP contribution in [0.25, 0.3) is 21.9 Å². The lowest BCUT2D eigenvalue weighted by atomic mass is 10.0. The summed E-state index contributed by atoms with van der Waals surface area (Å²) in [7, 11) is 0. The average Bonchev–Trinajstić information content (AvgIpc) is 2.60. The van der Waals surface area contributed by atoms with Crippen molar-refractivity contribution in [3.8, 4) is 0 Å². The molecule has 15 nitrogen and oxygen atoms in total. The fourth-order valence-corrected chi connectivity index (χ4v) is 2.61. The summed E-state index contributed by atoms with van der Waals surface area (Å²) in [4.78, 5) is 50.8. The van der Waals surface area contributed by atoms with Crippen LogP contribution in [0.2, 0.25) is 0 Å². The zero-order valence-corrected chi connectivity index (χ0v) is 12.8. The minimum atomic E-state index is -4.08. The topological polar surface area (TPSA) is 211 Å². The van der Waals surface area contributed by atoms with Crippen LogP contribution in [-0.4, -0.2) is 34.6 Å². The molecule has 2 heterocycles. The molecule has 0 spiro atoms. The molecule has 0 aliphatic carbocycles. The molecule has 0 saturated heterocycles. The molecule has 0 aliphatic heterocycles. The highest BCUT2D eigenvalue weighted by Gasteiger charge is 2.75.